The summed E-state index contributed by atoms with van der Waals surface area (Å²) in [6.45, 7) is 1.44. The average molecular weight is 437 g/mol. The van der Waals surface area contributed by atoms with E-state index in [0.29, 0.717) is 45.5 Å². The van der Waals surface area contributed by atoms with Crippen LogP contribution in [0.5, 0.6) is 0 Å². The van der Waals surface area contributed by atoms with Gasteiger partial charge in [-0.25, -0.2) is 17.2 Å². The highest BCUT2D eigenvalue weighted by molar-refractivity contribution is 7.88. The number of amides is 1. The van der Waals surface area contributed by atoms with Gasteiger partial charge in [-0.3, -0.25) is 4.79 Å². The summed E-state index contributed by atoms with van der Waals surface area (Å²) in [5.41, 5.74) is -0.494. The molecule has 1 spiro atoms. The zero-order chi connectivity index (χ0) is 20.7. The van der Waals surface area contributed by atoms with Crippen molar-refractivity contribution >= 4 is 27.5 Å². The summed E-state index contributed by atoms with van der Waals surface area (Å²) in [5.74, 6) is -2.51. The lowest BCUT2D eigenvalue weighted by Gasteiger charge is -2.39. The van der Waals surface area contributed by atoms with Crippen molar-refractivity contribution < 1.29 is 26.7 Å². The van der Waals surface area contributed by atoms with E-state index in [-0.39, 0.29) is 17.0 Å². The smallest absolute Gasteiger partial charge is 0.256 e. The molecule has 6 nitrogen and oxygen atoms in total. The second-order valence-electron chi connectivity index (χ2n) is 7.64. The van der Waals surface area contributed by atoms with Crippen molar-refractivity contribution in [3.05, 3.63) is 34.4 Å². The molecule has 0 saturated carbocycles. The fourth-order valence-corrected chi connectivity index (χ4v) is 5.61. The first-order chi connectivity index (χ1) is 13.1. The lowest BCUT2D eigenvalue weighted by atomic mass is 9.76. The van der Waals surface area contributed by atoms with E-state index >= 15 is 0 Å². The Kier molecular flexibility index (Phi) is 6.01. The number of hydrogen-bond acceptors (Lipinski definition) is 4. The largest absolute Gasteiger partial charge is 0.383 e. The van der Waals surface area contributed by atoms with Crippen LogP contribution in [0.4, 0.5) is 8.78 Å². The molecule has 0 aromatic heterocycles. The molecular weight excluding hydrogens is 414 g/mol. The predicted molar refractivity (Wildman–Crippen MR) is 101 cm³/mol. The summed E-state index contributed by atoms with van der Waals surface area (Å²) in [7, 11) is -1.83. The monoisotopic (exact) mass is 436 g/mol. The van der Waals surface area contributed by atoms with Crippen LogP contribution in [0.3, 0.4) is 0 Å². The third-order valence-corrected chi connectivity index (χ3v) is 7.35. The normalized spacial score (nSPS) is 22.8. The van der Waals surface area contributed by atoms with Crippen molar-refractivity contribution in [2.24, 2.45) is 5.41 Å². The van der Waals surface area contributed by atoms with E-state index in [1.807, 2.05) is 0 Å². The van der Waals surface area contributed by atoms with Crippen molar-refractivity contribution in [2.45, 2.75) is 25.3 Å². The number of carbonyl (C=O) groups excluding carboxylic acids is 1. The number of hydrogen-bond donors (Lipinski definition) is 0. The van der Waals surface area contributed by atoms with Gasteiger partial charge in [0, 0.05) is 32.8 Å². The highest BCUT2D eigenvalue weighted by atomic mass is 35.5. The maximum Gasteiger partial charge on any atom is 0.256 e. The van der Waals surface area contributed by atoms with Crippen LogP contribution in [-0.4, -0.2) is 69.2 Å². The molecule has 1 aromatic rings. The van der Waals surface area contributed by atoms with Gasteiger partial charge in [0.2, 0.25) is 10.0 Å². The Morgan fingerprint density at radius 1 is 1.32 bits per heavy atom. The van der Waals surface area contributed by atoms with Crippen molar-refractivity contribution in [3.63, 3.8) is 0 Å². The number of likely N-dealkylation sites (tertiary alicyclic amines) is 1. The summed E-state index contributed by atoms with van der Waals surface area (Å²) in [6.07, 6.45) is 3.05. The van der Waals surface area contributed by atoms with E-state index in [1.54, 1.807) is 0 Å². The molecule has 2 aliphatic heterocycles. The molecule has 1 amide bonds. The minimum atomic E-state index is -3.36. The Bertz CT molecular complexity index is 873. The topological polar surface area (TPSA) is 66.9 Å². The van der Waals surface area contributed by atoms with E-state index in [0.717, 1.165) is 12.1 Å². The van der Waals surface area contributed by atoms with Gasteiger partial charge < -0.3 is 9.64 Å². The molecule has 3 rings (SSSR count). The Labute approximate surface area is 168 Å². The lowest BCUT2D eigenvalue weighted by Crippen LogP contribution is -2.45. The van der Waals surface area contributed by atoms with Crippen LogP contribution < -0.4 is 0 Å². The fourth-order valence-electron chi connectivity index (χ4n) is 4.26. The van der Waals surface area contributed by atoms with E-state index in [9.17, 15) is 22.0 Å². The Balaban J connectivity index is 1.72. The summed E-state index contributed by atoms with van der Waals surface area (Å²) in [6, 6.07) is 1.84. The van der Waals surface area contributed by atoms with Crippen molar-refractivity contribution in [2.75, 3.05) is 39.6 Å². The molecule has 10 heteroatoms. The molecule has 28 heavy (non-hydrogen) atoms. The van der Waals surface area contributed by atoms with Gasteiger partial charge in [-0.1, -0.05) is 11.6 Å². The van der Waals surface area contributed by atoms with Crippen LogP contribution in [0.15, 0.2) is 12.1 Å². The second-order valence-corrected chi connectivity index (χ2v) is 9.95. The number of halogens is 3. The minimum absolute atomic E-state index is 0.226. The summed E-state index contributed by atoms with van der Waals surface area (Å²) in [4.78, 5) is 14.2. The standard InChI is InChI=1S/C18H23ClF2N2O4S/c1-27-10-12-9-18(11-23(12)28(2,25)26)5-7-22(8-6-18)17(24)13-3-4-14(20)15(19)16(13)21/h3-4,12H,5-11H2,1-2H3. The molecule has 0 aliphatic carbocycles. The molecule has 2 heterocycles. The van der Waals surface area contributed by atoms with Gasteiger partial charge in [-0.05, 0) is 36.8 Å². The average Bonchev–Trinajstić information content (AvgIpc) is 2.99. The van der Waals surface area contributed by atoms with Gasteiger partial charge >= 0.3 is 0 Å². The first-order valence-electron chi connectivity index (χ1n) is 8.96. The lowest BCUT2D eigenvalue weighted by molar-refractivity contribution is 0.0590. The number of piperidine rings is 1. The van der Waals surface area contributed by atoms with Crippen LogP contribution in [0.2, 0.25) is 5.02 Å². The zero-order valence-electron chi connectivity index (χ0n) is 15.8. The quantitative estimate of drug-likeness (QED) is 0.680. The summed E-state index contributed by atoms with van der Waals surface area (Å²) >= 11 is 5.57. The third kappa shape index (κ3) is 4.03. The molecule has 156 valence electrons. The van der Waals surface area contributed by atoms with E-state index < -0.39 is 32.6 Å². The first kappa shape index (κ1) is 21.4. The summed E-state index contributed by atoms with van der Waals surface area (Å²) in [5, 5.41) is -0.693. The van der Waals surface area contributed by atoms with Gasteiger partial charge in [-0.2, -0.15) is 4.31 Å². The van der Waals surface area contributed by atoms with Gasteiger partial charge in [0.15, 0.2) is 5.82 Å². The molecule has 2 aliphatic rings. The molecule has 0 radical (unpaired) electrons. The van der Waals surface area contributed by atoms with Crippen molar-refractivity contribution in [1.82, 2.24) is 9.21 Å². The van der Waals surface area contributed by atoms with Crippen LogP contribution in [0.1, 0.15) is 29.6 Å². The maximum absolute atomic E-state index is 14.2. The van der Waals surface area contributed by atoms with E-state index in [1.165, 1.54) is 22.6 Å². The molecular formula is C18H23ClF2N2O4S. The highest BCUT2D eigenvalue weighted by Crippen LogP contribution is 2.44. The third-order valence-electron chi connectivity index (χ3n) is 5.73. The number of ether oxygens (including phenoxy) is 1. The van der Waals surface area contributed by atoms with Gasteiger partial charge in [-0.15, -0.1) is 0 Å². The SMILES string of the molecule is COCC1CC2(CCN(C(=O)c3ccc(F)c(Cl)c3F)CC2)CN1S(C)(=O)=O. The Morgan fingerprint density at radius 3 is 2.54 bits per heavy atom. The number of sulfonamides is 1. The number of rotatable bonds is 4. The predicted octanol–water partition coefficient (Wildman–Crippen LogP) is 2.52. The molecule has 2 fully saturated rings. The molecule has 2 saturated heterocycles. The van der Waals surface area contributed by atoms with E-state index in [2.05, 4.69) is 0 Å². The number of benzene rings is 1. The Morgan fingerprint density at radius 2 is 1.96 bits per heavy atom. The molecule has 1 unspecified atom stereocenters. The zero-order valence-corrected chi connectivity index (χ0v) is 17.3. The van der Waals surface area contributed by atoms with Crippen LogP contribution in [0, 0.1) is 17.0 Å². The number of methoxy groups -OCH3 is 1. The fraction of sp³-hybridized carbons (Fsp3) is 0.611. The Hall–Kier alpha value is -1.29. The van der Waals surface area contributed by atoms with E-state index in [4.69, 9.17) is 16.3 Å². The van der Waals surface area contributed by atoms with Crippen molar-refractivity contribution in [3.8, 4) is 0 Å². The second kappa shape index (κ2) is 7.85. The van der Waals surface area contributed by atoms with Crippen LogP contribution in [-0.2, 0) is 14.8 Å². The van der Waals surface area contributed by atoms with Crippen LogP contribution in [0.25, 0.3) is 0 Å². The minimum Gasteiger partial charge on any atom is -0.383 e. The van der Waals surface area contributed by atoms with Gasteiger partial charge in [0.1, 0.15) is 10.8 Å². The molecule has 1 aromatic carbocycles. The number of carbonyl (C=O) groups is 1. The molecule has 1 atom stereocenters. The first-order valence-corrected chi connectivity index (χ1v) is 11.2. The van der Waals surface area contributed by atoms with Gasteiger partial charge in [0.05, 0.1) is 18.4 Å². The molecule has 0 N–H and O–H groups in total. The highest BCUT2D eigenvalue weighted by Gasteiger charge is 2.49. The maximum atomic E-state index is 14.2. The number of nitrogens with zero attached hydrogens (tertiary/aromatic N) is 2. The van der Waals surface area contributed by atoms with Crippen molar-refractivity contribution in [1.29, 1.82) is 0 Å². The van der Waals surface area contributed by atoms with Gasteiger partial charge in [0.25, 0.3) is 5.91 Å². The molecule has 0 bridgehead atoms. The van der Waals surface area contributed by atoms with Crippen LogP contribution >= 0.6 is 11.6 Å². The summed E-state index contributed by atoms with van der Waals surface area (Å²) < 4.78 is 58.4.